The van der Waals surface area contributed by atoms with E-state index in [0.717, 1.165) is 33.8 Å². The predicted molar refractivity (Wildman–Crippen MR) is 70.8 cm³/mol. The lowest BCUT2D eigenvalue weighted by molar-refractivity contribution is 0.202. The molecule has 0 saturated heterocycles. The van der Waals surface area contributed by atoms with Crippen molar-refractivity contribution in [1.29, 1.82) is 0 Å². The second-order valence-electron chi connectivity index (χ2n) is 3.38. The summed E-state index contributed by atoms with van der Waals surface area (Å²) in [4.78, 5) is 4.57. The van der Waals surface area contributed by atoms with Crippen LogP contribution in [0.25, 0.3) is 11.3 Å². The maximum Gasteiger partial charge on any atom is 0.0955 e. The third-order valence-corrected chi connectivity index (χ3v) is 3.65. The average molecular weight is 298 g/mol. The van der Waals surface area contributed by atoms with Gasteiger partial charge in [-0.3, -0.25) is 0 Å². The van der Waals surface area contributed by atoms with Crippen LogP contribution in [0.3, 0.4) is 0 Å². The SMILES string of the molecule is COCCc1nc(-c2ccc(Br)cc2)cs1. The van der Waals surface area contributed by atoms with Crippen molar-refractivity contribution in [3.8, 4) is 11.3 Å². The van der Waals surface area contributed by atoms with Gasteiger partial charge in [-0.15, -0.1) is 11.3 Å². The molecule has 2 nitrogen and oxygen atoms in total. The Bertz CT molecular complexity index is 452. The molecule has 16 heavy (non-hydrogen) atoms. The summed E-state index contributed by atoms with van der Waals surface area (Å²) in [5.41, 5.74) is 2.20. The van der Waals surface area contributed by atoms with E-state index in [1.807, 2.05) is 12.1 Å². The van der Waals surface area contributed by atoms with Crippen molar-refractivity contribution in [2.24, 2.45) is 0 Å². The molecule has 0 bridgehead atoms. The summed E-state index contributed by atoms with van der Waals surface area (Å²) in [7, 11) is 1.71. The van der Waals surface area contributed by atoms with E-state index in [1.165, 1.54) is 0 Å². The zero-order chi connectivity index (χ0) is 11.4. The van der Waals surface area contributed by atoms with Crippen LogP contribution >= 0.6 is 27.3 Å². The van der Waals surface area contributed by atoms with Crippen LogP contribution in [-0.4, -0.2) is 18.7 Å². The quantitative estimate of drug-likeness (QED) is 0.857. The molecule has 2 aromatic rings. The lowest BCUT2D eigenvalue weighted by Gasteiger charge is -1.96. The molecule has 0 aliphatic rings. The molecule has 0 spiro atoms. The molecule has 4 heteroatoms. The van der Waals surface area contributed by atoms with Gasteiger partial charge in [0, 0.05) is 28.9 Å². The first kappa shape index (κ1) is 11.8. The van der Waals surface area contributed by atoms with E-state index >= 15 is 0 Å². The molecule has 84 valence electrons. The fourth-order valence-electron chi connectivity index (χ4n) is 1.37. The van der Waals surface area contributed by atoms with Crippen LogP contribution in [0.15, 0.2) is 34.1 Å². The van der Waals surface area contributed by atoms with Gasteiger partial charge in [-0.05, 0) is 12.1 Å². The van der Waals surface area contributed by atoms with Gasteiger partial charge in [0.1, 0.15) is 0 Å². The van der Waals surface area contributed by atoms with E-state index in [-0.39, 0.29) is 0 Å². The number of nitrogens with zero attached hydrogens (tertiary/aromatic N) is 1. The molecule has 0 radical (unpaired) electrons. The van der Waals surface area contributed by atoms with E-state index in [2.05, 4.69) is 38.4 Å². The first-order valence-corrected chi connectivity index (χ1v) is 6.66. The number of methoxy groups -OCH3 is 1. The topological polar surface area (TPSA) is 22.1 Å². The fraction of sp³-hybridized carbons (Fsp3) is 0.250. The maximum atomic E-state index is 5.04. The number of ether oxygens (including phenoxy) is 1. The van der Waals surface area contributed by atoms with Gasteiger partial charge in [-0.2, -0.15) is 0 Å². The fourth-order valence-corrected chi connectivity index (χ4v) is 2.42. The van der Waals surface area contributed by atoms with Crippen LogP contribution in [0, 0.1) is 0 Å². The Morgan fingerprint density at radius 2 is 2.06 bits per heavy atom. The molecule has 1 heterocycles. The highest BCUT2D eigenvalue weighted by Crippen LogP contribution is 2.23. The highest BCUT2D eigenvalue weighted by molar-refractivity contribution is 9.10. The normalized spacial score (nSPS) is 10.6. The lowest BCUT2D eigenvalue weighted by atomic mass is 10.2. The number of rotatable bonds is 4. The van der Waals surface area contributed by atoms with Crippen LogP contribution in [0.5, 0.6) is 0 Å². The van der Waals surface area contributed by atoms with Gasteiger partial charge in [0.15, 0.2) is 0 Å². The first-order valence-electron chi connectivity index (χ1n) is 4.99. The molecular formula is C12H12BrNOS. The minimum absolute atomic E-state index is 0.729. The van der Waals surface area contributed by atoms with Gasteiger partial charge in [0.25, 0.3) is 0 Å². The third kappa shape index (κ3) is 2.90. The molecule has 1 aromatic carbocycles. The summed E-state index contributed by atoms with van der Waals surface area (Å²) in [6.07, 6.45) is 0.887. The van der Waals surface area contributed by atoms with E-state index in [0.29, 0.717) is 0 Å². The average Bonchev–Trinajstić information content (AvgIpc) is 2.76. The van der Waals surface area contributed by atoms with Crippen molar-refractivity contribution < 1.29 is 4.74 Å². The van der Waals surface area contributed by atoms with Crippen molar-refractivity contribution in [3.05, 3.63) is 39.1 Å². The molecule has 0 aliphatic heterocycles. The highest BCUT2D eigenvalue weighted by atomic mass is 79.9. The standard InChI is InChI=1S/C12H12BrNOS/c1-15-7-6-12-14-11(8-16-12)9-2-4-10(13)5-3-9/h2-5,8H,6-7H2,1H3. The minimum Gasteiger partial charge on any atom is -0.384 e. The van der Waals surface area contributed by atoms with Crippen molar-refractivity contribution >= 4 is 27.3 Å². The Balaban J connectivity index is 2.15. The van der Waals surface area contributed by atoms with Gasteiger partial charge in [-0.1, -0.05) is 28.1 Å². The number of thiazole rings is 1. The smallest absolute Gasteiger partial charge is 0.0955 e. The zero-order valence-corrected chi connectivity index (χ0v) is 11.3. The molecule has 0 N–H and O–H groups in total. The number of benzene rings is 1. The Kier molecular flexibility index (Phi) is 4.09. The summed E-state index contributed by atoms with van der Waals surface area (Å²) < 4.78 is 6.13. The Morgan fingerprint density at radius 1 is 1.31 bits per heavy atom. The molecule has 0 amide bonds. The number of halogens is 1. The lowest BCUT2D eigenvalue weighted by Crippen LogP contribution is -1.93. The van der Waals surface area contributed by atoms with E-state index in [9.17, 15) is 0 Å². The Morgan fingerprint density at radius 3 is 2.75 bits per heavy atom. The summed E-state index contributed by atoms with van der Waals surface area (Å²) >= 11 is 5.11. The minimum atomic E-state index is 0.729. The molecule has 0 fully saturated rings. The van der Waals surface area contributed by atoms with Gasteiger partial charge in [0.2, 0.25) is 0 Å². The molecule has 0 aliphatic carbocycles. The number of hydrogen-bond acceptors (Lipinski definition) is 3. The first-order chi connectivity index (χ1) is 7.79. The molecular weight excluding hydrogens is 286 g/mol. The Labute approximate surface area is 107 Å². The van der Waals surface area contributed by atoms with E-state index < -0.39 is 0 Å². The maximum absolute atomic E-state index is 5.04. The second kappa shape index (κ2) is 5.57. The van der Waals surface area contributed by atoms with Crippen LogP contribution in [-0.2, 0) is 11.2 Å². The van der Waals surface area contributed by atoms with Gasteiger partial charge in [-0.25, -0.2) is 4.98 Å². The third-order valence-electron chi connectivity index (χ3n) is 2.21. The molecule has 1 aromatic heterocycles. The summed E-state index contributed by atoms with van der Waals surface area (Å²) in [5.74, 6) is 0. The highest BCUT2D eigenvalue weighted by Gasteiger charge is 2.04. The van der Waals surface area contributed by atoms with Crippen molar-refractivity contribution in [3.63, 3.8) is 0 Å². The van der Waals surface area contributed by atoms with Crippen molar-refractivity contribution in [2.75, 3.05) is 13.7 Å². The molecule has 0 atom stereocenters. The van der Waals surface area contributed by atoms with Gasteiger partial charge >= 0.3 is 0 Å². The van der Waals surface area contributed by atoms with Gasteiger partial charge in [0.05, 0.1) is 17.3 Å². The van der Waals surface area contributed by atoms with E-state index in [1.54, 1.807) is 18.4 Å². The monoisotopic (exact) mass is 297 g/mol. The number of hydrogen-bond donors (Lipinski definition) is 0. The van der Waals surface area contributed by atoms with Crippen molar-refractivity contribution in [1.82, 2.24) is 4.98 Å². The summed E-state index contributed by atoms with van der Waals surface area (Å²) in [6, 6.07) is 8.20. The van der Waals surface area contributed by atoms with Crippen LogP contribution < -0.4 is 0 Å². The molecule has 2 rings (SSSR count). The van der Waals surface area contributed by atoms with E-state index in [4.69, 9.17) is 4.74 Å². The van der Waals surface area contributed by atoms with Gasteiger partial charge < -0.3 is 4.74 Å². The van der Waals surface area contributed by atoms with Crippen molar-refractivity contribution in [2.45, 2.75) is 6.42 Å². The van der Waals surface area contributed by atoms with Crippen LogP contribution in [0.2, 0.25) is 0 Å². The van der Waals surface area contributed by atoms with Crippen LogP contribution in [0.1, 0.15) is 5.01 Å². The van der Waals surface area contributed by atoms with Crippen LogP contribution in [0.4, 0.5) is 0 Å². The Hall–Kier alpha value is -0.710. The summed E-state index contributed by atoms with van der Waals surface area (Å²) in [6.45, 7) is 0.729. The number of aromatic nitrogens is 1. The largest absolute Gasteiger partial charge is 0.384 e. The molecule has 0 unspecified atom stereocenters. The zero-order valence-electron chi connectivity index (χ0n) is 8.94. The summed E-state index contributed by atoms with van der Waals surface area (Å²) in [5, 5.41) is 3.22. The second-order valence-corrected chi connectivity index (χ2v) is 5.23. The molecule has 0 saturated carbocycles. The predicted octanol–water partition coefficient (Wildman–Crippen LogP) is 3.76.